The van der Waals surface area contributed by atoms with Crippen molar-refractivity contribution in [1.29, 1.82) is 0 Å². The smallest absolute Gasteiger partial charge is 0.00163 e. The molecule has 0 saturated heterocycles. The van der Waals surface area contributed by atoms with Crippen LogP contribution < -0.4 is 0 Å². The molecule has 1 fully saturated rings. The fourth-order valence-corrected chi connectivity index (χ4v) is 4.11. The van der Waals surface area contributed by atoms with Gasteiger partial charge in [-0.15, -0.1) is 0 Å². The minimum Gasteiger partial charge on any atom is -0.179 e. The van der Waals surface area contributed by atoms with E-state index in [4.69, 9.17) is 0 Å². The van der Waals surface area contributed by atoms with E-state index in [-0.39, 0.29) is 0 Å². The van der Waals surface area contributed by atoms with Crippen LogP contribution in [-0.4, -0.2) is 16.8 Å². The number of thioether (sulfide) groups is 1. The highest BCUT2D eigenvalue weighted by molar-refractivity contribution is 7.99. The Bertz CT molecular complexity index is 160. The molecule has 0 aliphatic heterocycles. The van der Waals surface area contributed by atoms with Crippen molar-refractivity contribution >= 4 is 24.4 Å². The topological polar surface area (TPSA) is 0 Å². The lowest BCUT2D eigenvalue weighted by atomic mass is 9.84. The van der Waals surface area contributed by atoms with Crippen LogP contribution in [0.15, 0.2) is 0 Å². The van der Waals surface area contributed by atoms with Gasteiger partial charge in [-0.25, -0.2) is 0 Å². The van der Waals surface area contributed by atoms with E-state index >= 15 is 0 Å². The first-order valence-electron chi connectivity index (χ1n) is 6.45. The van der Waals surface area contributed by atoms with Gasteiger partial charge in [0, 0.05) is 5.25 Å². The van der Waals surface area contributed by atoms with Gasteiger partial charge in [0.1, 0.15) is 0 Å². The fourth-order valence-electron chi connectivity index (χ4n) is 2.26. The van der Waals surface area contributed by atoms with Crippen molar-refractivity contribution < 1.29 is 0 Å². The molecule has 0 aromatic rings. The molecule has 0 amide bonds. The van der Waals surface area contributed by atoms with Crippen LogP contribution in [0.25, 0.3) is 0 Å². The van der Waals surface area contributed by atoms with E-state index in [1.165, 1.54) is 50.7 Å². The van der Waals surface area contributed by atoms with Crippen LogP contribution in [0.1, 0.15) is 58.8 Å². The average molecular weight is 246 g/mol. The maximum Gasteiger partial charge on any atom is 0.00163 e. The second kappa shape index (κ2) is 7.11. The maximum absolute atomic E-state index is 4.62. The third-order valence-electron chi connectivity index (χ3n) is 3.75. The zero-order valence-electron chi connectivity index (χ0n) is 10.3. The Morgan fingerprint density at radius 2 is 1.80 bits per heavy atom. The monoisotopic (exact) mass is 246 g/mol. The molecule has 0 radical (unpaired) electrons. The van der Waals surface area contributed by atoms with Gasteiger partial charge in [0.05, 0.1) is 0 Å². The Kier molecular flexibility index (Phi) is 6.52. The third-order valence-corrected chi connectivity index (χ3v) is 6.10. The lowest BCUT2D eigenvalue weighted by Crippen LogP contribution is -2.26. The first-order chi connectivity index (χ1) is 7.22. The minimum absolute atomic E-state index is 0.563. The summed E-state index contributed by atoms with van der Waals surface area (Å²) in [6.45, 7) is 4.64. The van der Waals surface area contributed by atoms with Gasteiger partial charge in [-0.05, 0) is 36.2 Å². The molecule has 0 bridgehead atoms. The first kappa shape index (κ1) is 13.8. The highest BCUT2D eigenvalue weighted by Gasteiger charge is 2.29. The van der Waals surface area contributed by atoms with Crippen molar-refractivity contribution in [2.75, 3.05) is 11.5 Å². The Morgan fingerprint density at radius 1 is 1.20 bits per heavy atom. The van der Waals surface area contributed by atoms with Crippen LogP contribution >= 0.6 is 24.4 Å². The van der Waals surface area contributed by atoms with Crippen LogP contribution in [0, 0.1) is 5.41 Å². The van der Waals surface area contributed by atoms with Crippen molar-refractivity contribution in [2.45, 2.75) is 64.0 Å². The second-order valence-electron chi connectivity index (χ2n) is 5.10. The molecule has 0 nitrogen and oxygen atoms in total. The number of hydrogen-bond donors (Lipinski definition) is 1. The molecular weight excluding hydrogens is 220 g/mol. The fraction of sp³-hybridized carbons (Fsp3) is 1.00. The van der Waals surface area contributed by atoms with Crippen LogP contribution in [0.5, 0.6) is 0 Å². The molecule has 1 saturated carbocycles. The van der Waals surface area contributed by atoms with Gasteiger partial charge in [0.25, 0.3) is 0 Å². The molecule has 15 heavy (non-hydrogen) atoms. The Hall–Kier alpha value is 0.700. The summed E-state index contributed by atoms with van der Waals surface area (Å²) in [7, 11) is 0. The van der Waals surface area contributed by atoms with Gasteiger partial charge < -0.3 is 0 Å². The Morgan fingerprint density at radius 3 is 2.27 bits per heavy atom. The second-order valence-corrected chi connectivity index (χ2v) is 6.85. The molecule has 0 aromatic heterocycles. The Labute approximate surface area is 105 Å². The van der Waals surface area contributed by atoms with E-state index in [9.17, 15) is 0 Å². The predicted molar refractivity (Wildman–Crippen MR) is 76.2 cm³/mol. The largest absolute Gasteiger partial charge is 0.179 e. The molecule has 1 atom stereocenters. The molecule has 0 N–H and O–H groups in total. The van der Waals surface area contributed by atoms with E-state index in [1.807, 2.05) is 0 Å². The summed E-state index contributed by atoms with van der Waals surface area (Å²) < 4.78 is 0. The number of thiol groups is 1. The SMILES string of the molecule is CCC(C)SCC1(CS)CCCCCC1. The zero-order valence-corrected chi connectivity index (χ0v) is 12.0. The number of rotatable bonds is 5. The van der Waals surface area contributed by atoms with Crippen molar-refractivity contribution in [3.8, 4) is 0 Å². The van der Waals surface area contributed by atoms with Gasteiger partial charge >= 0.3 is 0 Å². The quantitative estimate of drug-likeness (QED) is 0.537. The average Bonchev–Trinajstić information content (AvgIpc) is 2.52. The standard InChI is InChI=1S/C13H26S2/c1-3-12(2)15-11-13(10-14)8-6-4-5-7-9-13/h12,14H,3-11H2,1-2H3. The summed E-state index contributed by atoms with van der Waals surface area (Å²) in [6, 6.07) is 0. The van der Waals surface area contributed by atoms with Gasteiger partial charge in [-0.2, -0.15) is 24.4 Å². The van der Waals surface area contributed by atoms with Crippen LogP contribution in [0.4, 0.5) is 0 Å². The van der Waals surface area contributed by atoms with Crippen LogP contribution in [-0.2, 0) is 0 Å². The Balaban J connectivity index is 2.43. The van der Waals surface area contributed by atoms with Gasteiger partial charge in [-0.1, -0.05) is 39.5 Å². The van der Waals surface area contributed by atoms with Crippen molar-refractivity contribution in [3.63, 3.8) is 0 Å². The van der Waals surface area contributed by atoms with E-state index in [1.54, 1.807) is 0 Å². The van der Waals surface area contributed by atoms with Crippen molar-refractivity contribution in [1.82, 2.24) is 0 Å². The molecule has 1 aliphatic rings. The maximum atomic E-state index is 4.62. The first-order valence-corrected chi connectivity index (χ1v) is 8.13. The summed E-state index contributed by atoms with van der Waals surface area (Å²) in [6.07, 6.45) is 9.89. The van der Waals surface area contributed by atoms with E-state index in [0.717, 1.165) is 11.0 Å². The van der Waals surface area contributed by atoms with Gasteiger partial charge in [0.15, 0.2) is 0 Å². The summed E-state index contributed by atoms with van der Waals surface area (Å²) in [4.78, 5) is 0. The summed E-state index contributed by atoms with van der Waals surface area (Å²) in [5, 5.41) is 0.824. The normalized spacial score (nSPS) is 23.4. The molecule has 0 spiro atoms. The molecule has 1 unspecified atom stereocenters. The van der Waals surface area contributed by atoms with Crippen molar-refractivity contribution in [3.05, 3.63) is 0 Å². The van der Waals surface area contributed by atoms with Gasteiger partial charge in [-0.3, -0.25) is 0 Å². The zero-order chi connectivity index (χ0) is 11.1. The molecule has 1 rings (SSSR count). The molecule has 0 heterocycles. The molecular formula is C13H26S2. The van der Waals surface area contributed by atoms with E-state index in [0.29, 0.717) is 5.41 Å². The lowest BCUT2D eigenvalue weighted by Gasteiger charge is -2.31. The summed E-state index contributed by atoms with van der Waals surface area (Å²) in [5.74, 6) is 2.43. The predicted octanol–water partition coefficient (Wildman–Crippen LogP) is 4.79. The highest BCUT2D eigenvalue weighted by Crippen LogP contribution is 2.39. The molecule has 90 valence electrons. The van der Waals surface area contributed by atoms with Crippen LogP contribution in [0.3, 0.4) is 0 Å². The number of hydrogen-bond acceptors (Lipinski definition) is 2. The molecule has 1 aliphatic carbocycles. The van der Waals surface area contributed by atoms with E-state index < -0.39 is 0 Å². The molecule has 2 heteroatoms. The molecule has 0 aromatic carbocycles. The summed E-state index contributed by atoms with van der Waals surface area (Å²) >= 11 is 6.78. The summed E-state index contributed by atoms with van der Waals surface area (Å²) in [5.41, 5.74) is 0.563. The van der Waals surface area contributed by atoms with Crippen molar-refractivity contribution in [2.24, 2.45) is 5.41 Å². The van der Waals surface area contributed by atoms with Crippen LogP contribution in [0.2, 0.25) is 0 Å². The minimum atomic E-state index is 0.563. The third kappa shape index (κ3) is 4.60. The van der Waals surface area contributed by atoms with Gasteiger partial charge in [0.2, 0.25) is 0 Å². The van der Waals surface area contributed by atoms with E-state index in [2.05, 4.69) is 38.2 Å². The highest BCUT2D eigenvalue weighted by atomic mass is 32.2. The lowest BCUT2D eigenvalue weighted by molar-refractivity contribution is 0.332.